The number of nitrogen functional groups attached to an aromatic ring is 1. The van der Waals surface area contributed by atoms with E-state index in [4.69, 9.17) is 10.7 Å². The van der Waals surface area contributed by atoms with E-state index >= 15 is 0 Å². The number of anilines is 1. The Bertz CT molecular complexity index is 1000. The highest BCUT2D eigenvalue weighted by molar-refractivity contribution is 7.15. The molecule has 9 heteroatoms. The molecule has 2 aliphatic rings. The zero-order chi connectivity index (χ0) is 19.1. The lowest BCUT2D eigenvalue weighted by molar-refractivity contribution is 0.459. The molecule has 2 aromatic heterocycles. The van der Waals surface area contributed by atoms with Crippen molar-refractivity contribution in [2.75, 3.05) is 18.8 Å². The van der Waals surface area contributed by atoms with Crippen LogP contribution in [0.4, 0.5) is 10.3 Å². The van der Waals surface area contributed by atoms with Crippen molar-refractivity contribution < 1.29 is 4.39 Å². The lowest BCUT2D eigenvalue weighted by Crippen LogP contribution is -2.26. The number of nitrogens with two attached hydrogens (primary N) is 1. The molecule has 0 bridgehead atoms. The average molecular weight is 468 g/mol. The van der Waals surface area contributed by atoms with Crippen molar-refractivity contribution in [3.8, 4) is 21.8 Å². The maximum atomic E-state index is 13.5. The van der Waals surface area contributed by atoms with Crippen LogP contribution in [0.1, 0.15) is 48.1 Å². The van der Waals surface area contributed by atoms with Gasteiger partial charge >= 0.3 is 0 Å². The molecular formula is C21H24Cl2FN5S. The lowest BCUT2D eigenvalue weighted by Gasteiger charge is -2.20. The Labute approximate surface area is 191 Å². The van der Waals surface area contributed by atoms with Gasteiger partial charge in [-0.1, -0.05) is 0 Å². The fraction of sp³-hybridized carbons (Fsp3) is 0.381. The number of aromatic nitrogens is 3. The first-order valence-electron chi connectivity index (χ1n) is 9.79. The van der Waals surface area contributed by atoms with Crippen LogP contribution in [0.5, 0.6) is 0 Å². The minimum Gasteiger partial charge on any atom is -0.368 e. The van der Waals surface area contributed by atoms with Crippen LogP contribution < -0.4 is 11.1 Å². The highest BCUT2D eigenvalue weighted by Crippen LogP contribution is 2.47. The molecule has 1 aliphatic carbocycles. The fourth-order valence-corrected chi connectivity index (χ4v) is 5.09. The molecule has 1 aliphatic heterocycles. The highest BCUT2D eigenvalue weighted by Gasteiger charge is 2.31. The Balaban J connectivity index is 0.00000128. The summed E-state index contributed by atoms with van der Waals surface area (Å²) in [6.07, 6.45) is 6.35. The number of hydrogen-bond acceptors (Lipinski definition) is 6. The summed E-state index contributed by atoms with van der Waals surface area (Å²) in [4.78, 5) is 14.9. The monoisotopic (exact) mass is 467 g/mol. The summed E-state index contributed by atoms with van der Waals surface area (Å²) < 4.78 is 13.5. The number of nitrogens with zero attached hydrogens (tertiary/aromatic N) is 3. The SMILES string of the molecule is Cl.Cl.Nc1ncc(C2CC2)c(-c2sc(C3CCNCC3)nc2-c2ccc(F)cc2)n1. The average Bonchev–Trinajstić information content (AvgIpc) is 3.47. The van der Waals surface area contributed by atoms with Gasteiger partial charge < -0.3 is 11.1 Å². The first kappa shape index (κ1) is 22.9. The molecular weight excluding hydrogens is 444 g/mol. The number of benzene rings is 1. The van der Waals surface area contributed by atoms with Gasteiger partial charge in [0.1, 0.15) is 5.82 Å². The summed E-state index contributed by atoms with van der Waals surface area (Å²) in [5, 5.41) is 4.55. The van der Waals surface area contributed by atoms with Gasteiger partial charge in [-0.05, 0) is 69.0 Å². The van der Waals surface area contributed by atoms with Gasteiger partial charge in [0.05, 0.1) is 21.3 Å². The van der Waals surface area contributed by atoms with Gasteiger partial charge in [-0.25, -0.2) is 19.3 Å². The van der Waals surface area contributed by atoms with Crippen LogP contribution in [-0.2, 0) is 0 Å². The molecule has 0 amide bonds. The number of thiazole rings is 1. The molecule has 0 atom stereocenters. The van der Waals surface area contributed by atoms with Crippen LogP contribution in [-0.4, -0.2) is 28.0 Å². The second kappa shape index (κ2) is 9.56. The molecule has 3 aromatic rings. The van der Waals surface area contributed by atoms with Crippen LogP contribution in [0.15, 0.2) is 30.5 Å². The molecule has 0 radical (unpaired) electrons. The molecule has 30 heavy (non-hydrogen) atoms. The third kappa shape index (κ3) is 4.59. The lowest BCUT2D eigenvalue weighted by atomic mass is 9.99. The van der Waals surface area contributed by atoms with Gasteiger partial charge in [0.2, 0.25) is 5.95 Å². The Morgan fingerprint density at radius 3 is 2.30 bits per heavy atom. The van der Waals surface area contributed by atoms with E-state index in [0.29, 0.717) is 11.8 Å². The van der Waals surface area contributed by atoms with Gasteiger partial charge in [-0.2, -0.15) is 0 Å². The normalized spacial score (nSPS) is 16.6. The fourth-order valence-electron chi connectivity index (χ4n) is 3.82. The summed E-state index contributed by atoms with van der Waals surface area (Å²) >= 11 is 1.71. The second-order valence-corrected chi connectivity index (χ2v) is 8.60. The number of hydrogen-bond donors (Lipinski definition) is 2. The number of piperidine rings is 1. The molecule has 3 N–H and O–H groups in total. The van der Waals surface area contributed by atoms with Crippen LogP contribution in [0.2, 0.25) is 0 Å². The van der Waals surface area contributed by atoms with Gasteiger partial charge in [-0.3, -0.25) is 0 Å². The molecule has 3 heterocycles. The van der Waals surface area contributed by atoms with Crippen LogP contribution in [0.25, 0.3) is 21.8 Å². The molecule has 1 aromatic carbocycles. The molecule has 2 fully saturated rings. The van der Waals surface area contributed by atoms with E-state index in [2.05, 4.69) is 15.3 Å². The zero-order valence-electron chi connectivity index (χ0n) is 16.3. The molecule has 5 rings (SSSR count). The summed E-state index contributed by atoms with van der Waals surface area (Å²) in [6.45, 7) is 2.03. The van der Waals surface area contributed by atoms with Crippen molar-refractivity contribution in [3.05, 3.63) is 46.9 Å². The number of nitrogens with one attached hydrogen (secondary N) is 1. The molecule has 0 unspecified atom stereocenters. The summed E-state index contributed by atoms with van der Waals surface area (Å²) in [7, 11) is 0. The number of rotatable bonds is 4. The van der Waals surface area contributed by atoms with Crippen LogP contribution in [0, 0.1) is 5.82 Å². The van der Waals surface area contributed by atoms with Gasteiger partial charge in [0.25, 0.3) is 0 Å². The molecule has 0 spiro atoms. The maximum Gasteiger partial charge on any atom is 0.220 e. The Morgan fingerprint density at radius 1 is 0.933 bits per heavy atom. The number of halogens is 3. The molecule has 5 nitrogen and oxygen atoms in total. The molecule has 160 valence electrons. The van der Waals surface area contributed by atoms with E-state index in [0.717, 1.165) is 71.2 Å². The van der Waals surface area contributed by atoms with Crippen LogP contribution >= 0.6 is 36.2 Å². The first-order valence-corrected chi connectivity index (χ1v) is 10.6. The van der Waals surface area contributed by atoms with E-state index in [9.17, 15) is 4.39 Å². The summed E-state index contributed by atoms with van der Waals surface area (Å²) in [5.74, 6) is 0.981. The Kier molecular flexibility index (Phi) is 7.29. The van der Waals surface area contributed by atoms with Gasteiger partial charge in [-0.15, -0.1) is 36.2 Å². The molecule has 1 saturated carbocycles. The third-order valence-corrected chi connectivity index (χ3v) is 6.74. The minimum atomic E-state index is -0.246. The van der Waals surface area contributed by atoms with Crippen molar-refractivity contribution >= 4 is 42.1 Å². The minimum absolute atomic E-state index is 0. The summed E-state index contributed by atoms with van der Waals surface area (Å²) in [5.41, 5.74) is 9.78. The van der Waals surface area contributed by atoms with Crippen molar-refractivity contribution in [3.63, 3.8) is 0 Å². The van der Waals surface area contributed by atoms with E-state index in [1.165, 1.54) is 12.1 Å². The summed E-state index contributed by atoms with van der Waals surface area (Å²) in [6, 6.07) is 6.56. The van der Waals surface area contributed by atoms with Gasteiger partial charge in [0.15, 0.2) is 0 Å². The maximum absolute atomic E-state index is 13.5. The Morgan fingerprint density at radius 2 is 1.63 bits per heavy atom. The predicted molar refractivity (Wildman–Crippen MR) is 124 cm³/mol. The predicted octanol–water partition coefficient (Wildman–Crippen LogP) is 5.18. The van der Waals surface area contributed by atoms with Crippen molar-refractivity contribution in [2.24, 2.45) is 0 Å². The Hall–Kier alpha value is -1.80. The highest BCUT2D eigenvalue weighted by atomic mass is 35.5. The van der Waals surface area contributed by atoms with E-state index in [1.807, 2.05) is 6.20 Å². The van der Waals surface area contributed by atoms with Crippen LogP contribution in [0.3, 0.4) is 0 Å². The molecule has 1 saturated heterocycles. The first-order chi connectivity index (χ1) is 13.7. The second-order valence-electron chi connectivity index (χ2n) is 7.57. The van der Waals surface area contributed by atoms with Crippen molar-refractivity contribution in [2.45, 2.75) is 37.5 Å². The standard InChI is InChI=1S/C21H22FN5S.2ClH/c22-15-5-3-13(4-6-15)17-19(28-20(26-17)14-7-9-24-10-8-14)18-16(12-1-2-12)11-25-21(23)27-18;;/h3-6,11-12,14,24H,1-2,7-10H2,(H2,23,25,27);2*1H. The smallest absolute Gasteiger partial charge is 0.220 e. The quantitative estimate of drug-likeness (QED) is 0.552. The van der Waals surface area contributed by atoms with Crippen molar-refractivity contribution in [1.29, 1.82) is 0 Å². The topological polar surface area (TPSA) is 76.7 Å². The van der Waals surface area contributed by atoms with Gasteiger partial charge in [0, 0.05) is 23.2 Å². The third-order valence-electron chi connectivity index (χ3n) is 5.52. The van der Waals surface area contributed by atoms with E-state index in [1.54, 1.807) is 23.5 Å². The van der Waals surface area contributed by atoms with E-state index in [-0.39, 0.29) is 36.6 Å². The van der Waals surface area contributed by atoms with E-state index < -0.39 is 0 Å². The van der Waals surface area contributed by atoms with Crippen molar-refractivity contribution in [1.82, 2.24) is 20.3 Å². The largest absolute Gasteiger partial charge is 0.368 e. The zero-order valence-corrected chi connectivity index (χ0v) is 18.8.